The highest BCUT2D eigenvalue weighted by Crippen LogP contribution is 2.31. The number of benzene rings is 7. The zero-order valence-corrected chi connectivity index (χ0v) is 53.2. The molecule has 0 saturated heterocycles. The van der Waals surface area contributed by atoms with Gasteiger partial charge < -0.3 is 18.9 Å². The fraction of sp³-hybridized carbons (Fsp3) is 0.418. The Morgan fingerprint density at radius 1 is 0.315 bits per heavy atom. The maximum Gasteiger partial charge on any atom is 0.346 e. The molecule has 0 heterocycles. The van der Waals surface area contributed by atoms with Gasteiger partial charge in [-0.15, -0.1) is 0 Å². The molecule has 7 aromatic rings. The van der Waals surface area contributed by atoms with Gasteiger partial charge in [0, 0.05) is 17.7 Å². The van der Waals surface area contributed by atoms with Gasteiger partial charge in [-0.2, -0.15) is 0 Å². The van der Waals surface area contributed by atoms with Crippen molar-refractivity contribution in [2.45, 2.75) is 213 Å². The second kappa shape index (κ2) is 38.6. The van der Waals surface area contributed by atoms with Crippen LogP contribution in [0.1, 0.15) is 252 Å². The maximum absolute atomic E-state index is 15.4. The molecule has 472 valence electrons. The summed E-state index contributed by atoms with van der Waals surface area (Å²) in [6.07, 6.45) is 39.7. The van der Waals surface area contributed by atoms with Crippen LogP contribution in [0, 0.1) is 18.6 Å². The van der Waals surface area contributed by atoms with Crippen LogP contribution >= 0.6 is 0 Å². The highest BCUT2D eigenvalue weighted by molar-refractivity contribution is 5.95. The fourth-order valence-corrected chi connectivity index (χ4v) is 11.3. The van der Waals surface area contributed by atoms with Crippen molar-refractivity contribution in [2.75, 3.05) is 0 Å². The van der Waals surface area contributed by atoms with Gasteiger partial charge in [0.1, 0.15) is 34.6 Å². The molecule has 0 N–H and O–H groups in total. The van der Waals surface area contributed by atoms with Crippen LogP contribution in [0.3, 0.4) is 0 Å². The lowest BCUT2D eigenvalue weighted by Crippen LogP contribution is -2.14. The fourth-order valence-electron chi connectivity index (χ4n) is 11.3. The SMILES string of the molecule is CCCCCCCCCCCCCCCCc1ccc(-c2ccc(C(=O)Oc3ccc(C(=O)Oc4cccc(OC(=O)c5ccc(OC(=O)c6ccc(-c7ccc(CCCCCCCCCCCCCCCC)cc7)cc6)cc5F)c4C)c(F)c3)cc2)cc1. The zero-order valence-electron chi connectivity index (χ0n) is 53.2. The van der Waals surface area contributed by atoms with Crippen LogP contribution in [0.2, 0.25) is 0 Å². The molecule has 0 aliphatic carbocycles. The highest BCUT2D eigenvalue weighted by atomic mass is 19.1. The van der Waals surface area contributed by atoms with E-state index in [1.807, 2.05) is 24.3 Å². The molecule has 7 rings (SSSR count). The van der Waals surface area contributed by atoms with E-state index in [9.17, 15) is 19.2 Å². The van der Waals surface area contributed by atoms with Crippen molar-refractivity contribution in [1.29, 1.82) is 0 Å². The maximum atomic E-state index is 15.4. The minimum absolute atomic E-state index is 0.0472. The summed E-state index contributed by atoms with van der Waals surface area (Å²) < 4.78 is 52.9. The molecular formula is C79H94F2O8. The second-order valence-electron chi connectivity index (χ2n) is 24.0. The average Bonchev–Trinajstić information content (AvgIpc) is 3.72. The van der Waals surface area contributed by atoms with E-state index in [2.05, 4.69) is 62.4 Å². The van der Waals surface area contributed by atoms with Gasteiger partial charge in [0.05, 0.1) is 22.3 Å². The number of esters is 4. The highest BCUT2D eigenvalue weighted by Gasteiger charge is 2.22. The second-order valence-corrected chi connectivity index (χ2v) is 24.0. The number of aryl methyl sites for hydroxylation is 2. The number of unbranched alkanes of at least 4 members (excludes halogenated alkanes) is 26. The minimum Gasteiger partial charge on any atom is -0.423 e. The first-order valence-corrected chi connectivity index (χ1v) is 33.5. The minimum atomic E-state index is -1.06. The Bertz CT molecular complexity index is 3040. The van der Waals surface area contributed by atoms with E-state index in [1.54, 1.807) is 24.3 Å². The number of carbonyl (C=O) groups excluding carboxylic acids is 4. The molecule has 0 aliphatic rings. The smallest absolute Gasteiger partial charge is 0.346 e. The Hall–Kier alpha value is -7.72. The molecule has 8 nitrogen and oxygen atoms in total. The van der Waals surface area contributed by atoms with Crippen molar-refractivity contribution in [2.24, 2.45) is 0 Å². The molecule has 0 fully saturated rings. The molecule has 0 unspecified atom stereocenters. The first kappa shape index (κ1) is 68.8. The van der Waals surface area contributed by atoms with Gasteiger partial charge in [-0.3, -0.25) is 0 Å². The molecule has 0 amide bonds. The predicted octanol–water partition coefficient (Wildman–Crippen LogP) is 22.5. The predicted molar refractivity (Wildman–Crippen MR) is 356 cm³/mol. The van der Waals surface area contributed by atoms with E-state index in [-0.39, 0.29) is 39.7 Å². The molecule has 0 aliphatic heterocycles. The Morgan fingerprint density at radius 3 is 0.888 bits per heavy atom. The van der Waals surface area contributed by atoms with Crippen LogP contribution in [-0.2, 0) is 12.8 Å². The summed E-state index contributed by atoms with van der Waals surface area (Å²) in [5.74, 6) is -5.83. The van der Waals surface area contributed by atoms with Gasteiger partial charge in [0.2, 0.25) is 0 Å². The van der Waals surface area contributed by atoms with Crippen molar-refractivity contribution >= 4 is 23.9 Å². The lowest BCUT2D eigenvalue weighted by molar-refractivity contribution is 0.0719. The van der Waals surface area contributed by atoms with Crippen LogP contribution < -0.4 is 18.9 Å². The van der Waals surface area contributed by atoms with Crippen molar-refractivity contribution in [1.82, 2.24) is 0 Å². The van der Waals surface area contributed by atoms with Crippen molar-refractivity contribution in [3.63, 3.8) is 0 Å². The normalized spacial score (nSPS) is 11.2. The van der Waals surface area contributed by atoms with Crippen LogP contribution in [0.25, 0.3) is 22.3 Å². The summed E-state index contributed by atoms with van der Waals surface area (Å²) in [6.45, 7) is 6.05. The number of halogens is 2. The zero-order chi connectivity index (χ0) is 62.8. The van der Waals surface area contributed by atoms with Gasteiger partial charge in [-0.1, -0.05) is 260 Å². The van der Waals surface area contributed by atoms with Gasteiger partial charge in [-0.05, 0) is 127 Å². The number of ether oxygens (including phenoxy) is 4. The summed E-state index contributed by atoms with van der Waals surface area (Å²) in [5, 5.41) is 0. The molecule has 0 aromatic heterocycles. The number of hydrogen-bond donors (Lipinski definition) is 0. The van der Waals surface area contributed by atoms with E-state index in [0.29, 0.717) is 0 Å². The summed E-state index contributed by atoms with van der Waals surface area (Å²) >= 11 is 0. The molecular weight excluding hydrogens is 1110 g/mol. The topological polar surface area (TPSA) is 105 Å². The van der Waals surface area contributed by atoms with E-state index in [0.717, 1.165) is 59.4 Å². The Kier molecular flexibility index (Phi) is 29.9. The molecule has 89 heavy (non-hydrogen) atoms. The Labute approximate surface area is 529 Å². The lowest BCUT2D eigenvalue weighted by Gasteiger charge is -2.13. The van der Waals surface area contributed by atoms with Crippen molar-refractivity contribution < 1.29 is 46.9 Å². The van der Waals surface area contributed by atoms with Crippen LogP contribution in [0.4, 0.5) is 8.78 Å². The average molecular weight is 1210 g/mol. The van der Waals surface area contributed by atoms with E-state index < -0.39 is 46.6 Å². The molecule has 10 heteroatoms. The largest absolute Gasteiger partial charge is 0.423 e. The molecule has 0 spiro atoms. The third-order valence-electron chi connectivity index (χ3n) is 16.8. The standard InChI is InChI=1S/C79H94F2O8/c1-4-6-8-10-12-14-16-18-20-22-24-26-28-30-33-60-37-41-62(42-38-60)64-45-49-66(50-46-64)76(82)86-68-53-55-70(72(80)57-68)78(84)88-74-35-32-36-75(59(74)3)89-79(85)71-56-54-69(58-73(71)81)87-77(83)67-51-47-65(48-52-67)63-43-39-61(40-44-63)34-31-29-27-25-23-21-19-17-15-13-11-9-7-5-2/h32,35-58H,4-31,33-34H2,1-3H3. The third kappa shape index (κ3) is 23.6. The lowest BCUT2D eigenvalue weighted by atomic mass is 10.00. The monoisotopic (exact) mass is 1210 g/mol. The number of rotatable bonds is 40. The summed E-state index contributed by atoms with van der Waals surface area (Å²) in [5.41, 5.74) is 6.41. The first-order chi connectivity index (χ1) is 43.5. The number of hydrogen-bond acceptors (Lipinski definition) is 8. The number of carbonyl (C=O) groups is 4. The Morgan fingerprint density at radius 2 is 0.596 bits per heavy atom. The summed E-state index contributed by atoms with van der Waals surface area (Å²) in [6, 6.07) is 42.0. The van der Waals surface area contributed by atoms with Gasteiger partial charge in [0.15, 0.2) is 0 Å². The van der Waals surface area contributed by atoms with Gasteiger partial charge >= 0.3 is 23.9 Å². The first-order valence-electron chi connectivity index (χ1n) is 33.5. The Balaban J connectivity index is 0.794. The van der Waals surface area contributed by atoms with Gasteiger partial charge in [-0.25, -0.2) is 28.0 Å². The van der Waals surface area contributed by atoms with E-state index in [4.69, 9.17) is 18.9 Å². The summed E-state index contributed by atoms with van der Waals surface area (Å²) in [4.78, 5) is 52.8. The van der Waals surface area contributed by atoms with Crippen LogP contribution in [0.15, 0.2) is 152 Å². The van der Waals surface area contributed by atoms with Crippen LogP contribution in [-0.4, -0.2) is 23.9 Å². The van der Waals surface area contributed by atoms with Gasteiger partial charge in [0.25, 0.3) is 0 Å². The molecule has 0 atom stereocenters. The molecule has 0 radical (unpaired) electrons. The summed E-state index contributed by atoms with van der Waals surface area (Å²) in [7, 11) is 0. The van der Waals surface area contributed by atoms with Crippen LogP contribution in [0.5, 0.6) is 23.0 Å². The molecule has 0 bridgehead atoms. The quantitative estimate of drug-likeness (QED) is 0.0212. The van der Waals surface area contributed by atoms with Crippen molar-refractivity contribution in [3.8, 4) is 45.3 Å². The van der Waals surface area contributed by atoms with Crippen molar-refractivity contribution in [3.05, 3.63) is 202 Å². The molecule has 7 aromatic carbocycles. The van der Waals surface area contributed by atoms with E-state index in [1.165, 1.54) is 228 Å². The molecule has 0 saturated carbocycles. The van der Waals surface area contributed by atoms with E-state index >= 15 is 8.78 Å². The third-order valence-corrected chi connectivity index (χ3v) is 16.8.